The van der Waals surface area contributed by atoms with E-state index in [0.29, 0.717) is 0 Å². The molecule has 0 bridgehead atoms. The lowest BCUT2D eigenvalue weighted by atomic mass is 9.94. The molecule has 1 nitrogen and oxygen atoms in total. The molecule has 0 N–H and O–H groups in total. The number of thiophene rings is 1. The molecular weight excluding hydrogens is 238 g/mol. The summed E-state index contributed by atoms with van der Waals surface area (Å²) >= 11 is 7.70. The fourth-order valence-corrected chi connectivity index (χ4v) is 3.44. The number of hydrogen-bond donors (Lipinski definition) is 0. The molecule has 1 aromatic rings. The van der Waals surface area contributed by atoms with Gasteiger partial charge in [-0.25, -0.2) is 0 Å². The largest absolute Gasteiger partial charge is 0.295 e. The van der Waals surface area contributed by atoms with Gasteiger partial charge in [-0.15, -0.1) is 11.6 Å². The normalized spacial score (nSPS) is 18.1. The third-order valence-corrected chi connectivity index (χ3v) is 4.33. The van der Waals surface area contributed by atoms with Gasteiger partial charge in [-0.3, -0.25) is 4.90 Å². The Morgan fingerprint density at radius 2 is 2.12 bits per heavy atom. The number of rotatable bonds is 5. The summed E-state index contributed by atoms with van der Waals surface area (Å²) in [4.78, 5) is 2.58. The summed E-state index contributed by atoms with van der Waals surface area (Å²) in [6.07, 6.45) is 6.94. The average Bonchev–Trinajstić information content (AvgIpc) is 2.83. The number of nitrogens with zero attached hydrogens (tertiary/aromatic N) is 1. The zero-order valence-electron chi connectivity index (χ0n) is 9.70. The number of hydrogen-bond acceptors (Lipinski definition) is 2. The Kier molecular flexibility index (Phi) is 5.14. The van der Waals surface area contributed by atoms with E-state index in [1.807, 2.05) is 0 Å². The SMILES string of the molecule is ClCCN(Cc1ccsc1)C1CCCCC1. The van der Waals surface area contributed by atoms with Gasteiger partial charge in [0.15, 0.2) is 0 Å². The maximum Gasteiger partial charge on any atom is 0.0351 e. The monoisotopic (exact) mass is 257 g/mol. The molecule has 1 aliphatic carbocycles. The minimum absolute atomic E-state index is 0.751. The maximum absolute atomic E-state index is 5.92. The van der Waals surface area contributed by atoms with E-state index in [0.717, 1.165) is 25.0 Å². The van der Waals surface area contributed by atoms with Gasteiger partial charge < -0.3 is 0 Å². The predicted molar refractivity (Wildman–Crippen MR) is 72.3 cm³/mol. The van der Waals surface area contributed by atoms with Crippen LogP contribution in [0, 0.1) is 0 Å². The Bertz CT molecular complexity index is 280. The second-order valence-electron chi connectivity index (χ2n) is 4.58. The summed E-state index contributed by atoms with van der Waals surface area (Å²) in [5.41, 5.74) is 1.45. The summed E-state index contributed by atoms with van der Waals surface area (Å²) in [5.74, 6) is 0.751. The van der Waals surface area contributed by atoms with Crippen LogP contribution >= 0.6 is 22.9 Å². The zero-order chi connectivity index (χ0) is 11.2. The van der Waals surface area contributed by atoms with E-state index in [9.17, 15) is 0 Å². The molecule has 0 saturated heterocycles. The first-order valence-electron chi connectivity index (χ1n) is 6.21. The van der Waals surface area contributed by atoms with Crippen LogP contribution in [0.15, 0.2) is 16.8 Å². The van der Waals surface area contributed by atoms with Crippen LogP contribution in [0.25, 0.3) is 0 Å². The third kappa shape index (κ3) is 3.47. The first-order chi connectivity index (χ1) is 7.90. The molecular formula is C13H20ClNS. The van der Waals surface area contributed by atoms with Crippen molar-refractivity contribution >= 4 is 22.9 Å². The van der Waals surface area contributed by atoms with Crippen molar-refractivity contribution in [1.82, 2.24) is 4.90 Å². The van der Waals surface area contributed by atoms with Crippen molar-refractivity contribution in [2.45, 2.75) is 44.7 Å². The smallest absolute Gasteiger partial charge is 0.0351 e. The van der Waals surface area contributed by atoms with Gasteiger partial charge in [0.1, 0.15) is 0 Å². The van der Waals surface area contributed by atoms with Crippen molar-refractivity contribution < 1.29 is 0 Å². The van der Waals surface area contributed by atoms with Crippen LogP contribution in [0.3, 0.4) is 0 Å². The third-order valence-electron chi connectivity index (χ3n) is 3.43. The molecule has 1 aromatic heterocycles. The summed E-state index contributed by atoms with van der Waals surface area (Å²) < 4.78 is 0. The minimum atomic E-state index is 0.751. The first kappa shape index (κ1) is 12.4. The molecule has 1 saturated carbocycles. The van der Waals surface area contributed by atoms with Crippen LogP contribution in [0.1, 0.15) is 37.7 Å². The van der Waals surface area contributed by atoms with Gasteiger partial charge in [-0.2, -0.15) is 11.3 Å². The molecule has 1 heterocycles. The fraction of sp³-hybridized carbons (Fsp3) is 0.692. The Labute approximate surface area is 107 Å². The van der Waals surface area contributed by atoms with E-state index in [-0.39, 0.29) is 0 Å². The van der Waals surface area contributed by atoms with Crippen molar-refractivity contribution in [2.24, 2.45) is 0 Å². The Hall–Kier alpha value is -0.0500. The molecule has 2 rings (SSSR count). The maximum atomic E-state index is 5.92. The van der Waals surface area contributed by atoms with Gasteiger partial charge in [0.2, 0.25) is 0 Å². The van der Waals surface area contributed by atoms with Crippen molar-refractivity contribution in [3.8, 4) is 0 Å². The van der Waals surface area contributed by atoms with Crippen LogP contribution < -0.4 is 0 Å². The standard InChI is InChI=1S/C13H20ClNS/c14-7-8-15(10-12-6-9-16-11-12)13-4-2-1-3-5-13/h6,9,11,13H,1-5,7-8,10H2. The number of alkyl halides is 1. The van der Waals surface area contributed by atoms with Gasteiger partial charge >= 0.3 is 0 Å². The first-order valence-corrected chi connectivity index (χ1v) is 7.69. The van der Waals surface area contributed by atoms with Crippen molar-refractivity contribution in [2.75, 3.05) is 12.4 Å². The summed E-state index contributed by atoms with van der Waals surface area (Å²) in [6, 6.07) is 3.00. The summed E-state index contributed by atoms with van der Waals surface area (Å²) in [6.45, 7) is 2.11. The molecule has 0 radical (unpaired) electrons. The van der Waals surface area contributed by atoms with Crippen molar-refractivity contribution in [1.29, 1.82) is 0 Å². The van der Waals surface area contributed by atoms with Crippen molar-refractivity contribution in [3.05, 3.63) is 22.4 Å². The molecule has 3 heteroatoms. The van der Waals surface area contributed by atoms with Gasteiger partial charge in [0.05, 0.1) is 0 Å². The predicted octanol–water partition coefficient (Wildman–Crippen LogP) is 4.12. The van der Waals surface area contributed by atoms with E-state index in [1.54, 1.807) is 11.3 Å². The highest BCUT2D eigenvalue weighted by atomic mass is 35.5. The molecule has 1 aliphatic rings. The highest BCUT2D eigenvalue weighted by Crippen LogP contribution is 2.24. The van der Waals surface area contributed by atoms with Gasteiger partial charge in [-0.05, 0) is 35.2 Å². The molecule has 0 aromatic carbocycles. The van der Waals surface area contributed by atoms with E-state index in [1.165, 1.54) is 37.7 Å². The summed E-state index contributed by atoms with van der Waals surface area (Å²) in [7, 11) is 0. The molecule has 0 unspecified atom stereocenters. The Morgan fingerprint density at radius 1 is 1.31 bits per heavy atom. The molecule has 0 amide bonds. The lowest BCUT2D eigenvalue weighted by molar-refractivity contribution is 0.157. The van der Waals surface area contributed by atoms with Crippen molar-refractivity contribution in [3.63, 3.8) is 0 Å². The molecule has 0 spiro atoms. The van der Waals surface area contributed by atoms with E-state index >= 15 is 0 Å². The summed E-state index contributed by atoms with van der Waals surface area (Å²) in [5, 5.41) is 4.42. The number of halogens is 1. The van der Waals surface area contributed by atoms with E-state index in [4.69, 9.17) is 11.6 Å². The molecule has 16 heavy (non-hydrogen) atoms. The molecule has 0 aliphatic heterocycles. The Morgan fingerprint density at radius 3 is 2.75 bits per heavy atom. The van der Waals surface area contributed by atoms with Gasteiger partial charge in [-0.1, -0.05) is 19.3 Å². The highest BCUT2D eigenvalue weighted by Gasteiger charge is 2.20. The van der Waals surface area contributed by atoms with Crippen LogP contribution in [-0.2, 0) is 6.54 Å². The lowest BCUT2D eigenvalue weighted by Crippen LogP contribution is -2.37. The van der Waals surface area contributed by atoms with E-state index in [2.05, 4.69) is 21.7 Å². The van der Waals surface area contributed by atoms with E-state index < -0.39 is 0 Å². The molecule has 90 valence electrons. The topological polar surface area (TPSA) is 3.24 Å². The zero-order valence-corrected chi connectivity index (χ0v) is 11.3. The van der Waals surface area contributed by atoms with Gasteiger partial charge in [0, 0.05) is 25.0 Å². The van der Waals surface area contributed by atoms with Crippen LogP contribution in [0.4, 0.5) is 0 Å². The lowest BCUT2D eigenvalue weighted by Gasteiger charge is -2.33. The average molecular weight is 258 g/mol. The molecule has 1 fully saturated rings. The van der Waals surface area contributed by atoms with Crippen LogP contribution in [0.5, 0.6) is 0 Å². The minimum Gasteiger partial charge on any atom is -0.295 e. The Balaban J connectivity index is 1.92. The highest BCUT2D eigenvalue weighted by molar-refractivity contribution is 7.07. The fourth-order valence-electron chi connectivity index (χ4n) is 2.56. The van der Waals surface area contributed by atoms with Crippen LogP contribution in [-0.4, -0.2) is 23.4 Å². The second-order valence-corrected chi connectivity index (χ2v) is 5.74. The molecule has 0 atom stereocenters. The van der Waals surface area contributed by atoms with Crippen LogP contribution in [0.2, 0.25) is 0 Å². The second kappa shape index (κ2) is 6.63. The van der Waals surface area contributed by atoms with Gasteiger partial charge in [0.25, 0.3) is 0 Å². The quantitative estimate of drug-likeness (QED) is 0.718.